The van der Waals surface area contributed by atoms with E-state index in [1.54, 1.807) is 11.3 Å². The number of thiazole rings is 1. The van der Waals surface area contributed by atoms with Crippen LogP contribution in [0.3, 0.4) is 0 Å². The van der Waals surface area contributed by atoms with Gasteiger partial charge < -0.3 is 4.90 Å². The fourth-order valence-corrected chi connectivity index (χ4v) is 4.36. The molecule has 1 fully saturated rings. The Labute approximate surface area is 133 Å². The van der Waals surface area contributed by atoms with E-state index in [1.807, 2.05) is 25.5 Å². The van der Waals surface area contributed by atoms with Crippen LogP contribution in [0.25, 0.3) is 4.83 Å². The Bertz CT molecular complexity index is 808. The lowest BCUT2D eigenvalue weighted by Gasteiger charge is -2.40. The van der Waals surface area contributed by atoms with Crippen LogP contribution in [-0.2, 0) is 5.41 Å². The summed E-state index contributed by atoms with van der Waals surface area (Å²) < 4.78 is 2.12. The molecule has 4 heterocycles. The molecule has 3 aromatic heterocycles. The van der Waals surface area contributed by atoms with E-state index >= 15 is 0 Å². The predicted octanol–water partition coefficient (Wildman–Crippen LogP) is 3.05. The number of rotatable bonds is 2. The Morgan fingerprint density at radius 1 is 1.32 bits per heavy atom. The second-order valence-corrected chi connectivity index (χ2v) is 7.15. The molecule has 4 rings (SSSR count). The SMILES string of the molecule is Cc1nccc(N2CCC[C@@](C)(c3ncn4ccsc34)C2)n1. The van der Waals surface area contributed by atoms with E-state index in [0.717, 1.165) is 37.6 Å². The number of hydrogen-bond acceptors (Lipinski definition) is 5. The molecule has 0 amide bonds. The fourth-order valence-electron chi connectivity index (χ4n) is 3.40. The highest BCUT2D eigenvalue weighted by molar-refractivity contribution is 7.15. The maximum atomic E-state index is 4.71. The highest BCUT2D eigenvalue weighted by Gasteiger charge is 2.36. The van der Waals surface area contributed by atoms with E-state index < -0.39 is 0 Å². The minimum atomic E-state index is 0.0662. The monoisotopic (exact) mass is 313 g/mol. The van der Waals surface area contributed by atoms with Crippen molar-refractivity contribution in [3.8, 4) is 0 Å². The smallest absolute Gasteiger partial charge is 0.132 e. The van der Waals surface area contributed by atoms with Crippen LogP contribution in [0, 0.1) is 6.92 Å². The number of fused-ring (bicyclic) bond motifs is 1. The van der Waals surface area contributed by atoms with Crippen LogP contribution < -0.4 is 4.90 Å². The van der Waals surface area contributed by atoms with Gasteiger partial charge in [-0.15, -0.1) is 11.3 Å². The van der Waals surface area contributed by atoms with E-state index in [-0.39, 0.29) is 5.41 Å². The summed E-state index contributed by atoms with van der Waals surface area (Å²) >= 11 is 1.77. The number of nitrogens with zero attached hydrogens (tertiary/aromatic N) is 5. The third-order valence-electron chi connectivity index (χ3n) is 4.50. The second-order valence-electron chi connectivity index (χ2n) is 6.26. The molecule has 6 heteroatoms. The number of anilines is 1. The van der Waals surface area contributed by atoms with Crippen LogP contribution >= 0.6 is 11.3 Å². The van der Waals surface area contributed by atoms with Crippen molar-refractivity contribution in [2.24, 2.45) is 0 Å². The zero-order valence-electron chi connectivity index (χ0n) is 12.9. The number of piperidine rings is 1. The third kappa shape index (κ3) is 2.18. The molecular weight excluding hydrogens is 294 g/mol. The third-order valence-corrected chi connectivity index (χ3v) is 5.39. The van der Waals surface area contributed by atoms with Gasteiger partial charge in [0.1, 0.15) is 22.8 Å². The molecule has 0 N–H and O–H groups in total. The Hall–Kier alpha value is -1.95. The minimum absolute atomic E-state index is 0.0662. The first-order valence-corrected chi connectivity index (χ1v) is 8.49. The van der Waals surface area contributed by atoms with Crippen LogP contribution in [0.1, 0.15) is 31.3 Å². The highest BCUT2D eigenvalue weighted by Crippen LogP contribution is 2.37. The van der Waals surface area contributed by atoms with E-state index in [0.29, 0.717) is 0 Å². The summed E-state index contributed by atoms with van der Waals surface area (Å²) in [5, 5.41) is 2.12. The molecule has 0 unspecified atom stereocenters. The average Bonchev–Trinajstić information content (AvgIpc) is 3.10. The molecule has 1 saturated heterocycles. The van der Waals surface area contributed by atoms with E-state index in [9.17, 15) is 0 Å². The van der Waals surface area contributed by atoms with Crippen molar-refractivity contribution in [2.45, 2.75) is 32.1 Å². The number of imidazole rings is 1. The molecule has 0 radical (unpaired) electrons. The molecule has 0 aromatic carbocycles. The van der Waals surface area contributed by atoms with Crippen LogP contribution in [0.5, 0.6) is 0 Å². The van der Waals surface area contributed by atoms with Gasteiger partial charge in [0, 0.05) is 36.3 Å². The number of aromatic nitrogens is 4. The van der Waals surface area contributed by atoms with E-state index in [2.05, 4.69) is 37.8 Å². The Morgan fingerprint density at radius 3 is 3.09 bits per heavy atom. The Kier molecular flexibility index (Phi) is 3.14. The summed E-state index contributed by atoms with van der Waals surface area (Å²) in [5.41, 5.74) is 1.29. The highest BCUT2D eigenvalue weighted by atomic mass is 32.1. The molecule has 1 atom stereocenters. The second kappa shape index (κ2) is 5.05. The largest absolute Gasteiger partial charge is 0.356 e. The lowest BCUT2D eigenvalue weighted by Crippen LogP contribution is -2.45. The van der Waals surface area contributed by atoms with E-state index in [4.69, 9.17) is 4.98 Å². The van der Waals surface area contributed by atoms with Gasteiger partial charge >= 0.3 is 0 Å². The molecule has 1 aliphatic rings. The Balaban J connectivity index is 1.69. The van der Waals surface area contributed by atoms with Gasteiger partial charge in [-0.3, -0.25) is 4.40 Å². The van der Waals surface area contributed by atoms with Gasteiger partial charge in [-0.2, -0.15) is 0 Å². The molecular formula is C16H19N5S. The summed E-state index contributed by atoms with van der Waals surface area (Å²) in [5.74, 6) is 1.85. The molecule has 5 nitrogen and oxygen atoms in total. The standard InChI is InChI=1S/C16H19N5S/c1-12-17-6-4-13(19-12)20-7-3-5-16(2,10-20)14-15-21(11-18-14)8-9-22-15/h4,6,8-9,11H,3,5,7,10H2,1-2H3/t16-/m1/s1. The lowest BCUT2D eigenvalue weighted by atomic mass is 9.79. The fraction of sp³-hybridized carbons (Fsp3) is 0.438. The summed E-state index contributed by atoms with van der Waals surface area (Å²) in [6.45, 7) is 6.27. The van der Waals surface area contributed by atoms with Gasteiger partial charge in [0.25, 0.3) is 0 Å². The van der Waals surface area contributed by atoms with Crippen molar-refractivity contribution in [3.63, 3.8) is 0 Å². The molecule has 114 valence electrons. The van der Waals surface area contributed by atoms with Crippen molar-refractivity contribution < 1.29 is 0 Å². The van der Waals surface area contributed by atoms with Crippen molar-refractivity contribution in [1.29, 1.82) is 0 Å². The van der Waals surface area contributed by atoms with Gasteiger partial charge in [-0.05, 0) is 25.8 Å². The first kappa shape index (κ1) is 13.7. The minimum Gasteiger partial charge on any atom is -0.356 e. The zero-order chi connectivity index (χ0) is 15.2. The quantitative estimate of drug-likeness (QED) is 0.729. The first-order valence-electron chi connectivity index (χ1n) is 7.61. The molecule has 0 spiro atoms. The Morgan fingerprint density at radius 2 is 2.23 bits per heavy atom. The molecule has 0 saturated carbocycles. The van der Waals surface area contributed by atoms with Gasteiger partial charge in [0.15, 0.2) is 0 Å². The van der Waals surface area contributed by atoms with Gasteiger partial charge in [0.2, 0.25) is 0 Å². The average molecular weight is 313 g/mol. The zero-order valence-corrected chi connectivity index (χ0v) is 13.7. The van der Waals surface area contributed by atoms with Crippen molar-refractivity contribution in [1.82, 2.24) is 19.4 Å². The van der Waals surface area contributed by atoms with Gasteiger partial charge in [-0.25, -0.2) is 15.0 Å². The van der Waals surface area contributed by atoms with Crippen LogP contribution in [0.2, 0.25) is 0 Å². The first-order chi connectivity index (χ1) is 10.7. The molecule has 0 bridgehead atoms. The number of aryl methyl sites for hydroxylation is 1. The van der Waals surface area contributed by atoms with Gasteiger partial charge in [0.05, 0.1) is 5.69 Å². The maximum absolute atomic E-state index is 4.71. The molecule has 1 aliphatic heterocycles. The van der Waals surface area contributed by atoms with Crippen molar-refractivity contribution >= 4 is 22.0 Å². The molecule has 0 aliphatic carbocycles. The van der Waals surface area contributed by atoms with Crippen LogP contribution in [0.4, 0.5) is 5.82 Å². The predicted molar refractivity (Wildman–Crippen MR) is 88.6 cm³/mol. The normalized spacial score (nSPS) is 22.4. The summed E-state index contributed by atoms with van der Waals surface area (Å²) in [6.07, 6.45) is 8.17. The molecule has 3 aromatic rings. The van der Waals surface area contributed by atoms with E-state index in [1.165, 1.54) is 10.5 Å². The number of hydrogen-bond donors (Lipinski definition) is 0. The van der Waals surface area contributed by atoms with Crippen molar-refractivity contribution in [2.75, 3.05) is 18.0 Å². The van der Waals surface area contributed by atoms with Crippen LogP contribution in [-0.4, -0.2) is 32.4 Å². The topological polar surface area (TPSA) is 46.3 Å². The summed E-state index contributed by atoms with van der Waals surface area (Å²) in [6, 6.07) is 2.01. The summed E-state index contributed by atoms with van der Waals surface area (Å²) in [7, 11) is 0. The maximum Gasteiger partial charge on any atom is 0.132 e. The van der Waals surface area contributed by atoms with Gasteiger partial charge in [-0.1, -0.05) is 6.92 Å². The van der Waals surface area contributed by atoms with Crippen molar-refractivity contribution in [3.05, 3.63) is 41.7 Å². The summed E-state index contributed by atoms with van der Waals surface area (Å²) in [4.78, 5) is 17.1. The van der Waals surface area contributed by atoms with Crippen LogP contribution in [0.15, 0.2) is 30.2 Å². The lowest BCUT2D eigenvalue weighted by molar-refractivity contribution is 0.367. The molecule has 22 heavy (non-hydrogen) atoms.